The average Bonchev–Trinajstić information content (AvgIpc) is 2.17. The van der Waals surface area contributed by atoms with Crippen molar-refractivity contribution in [1.29, 1.82) is 0 Å². The van der Waals surface area contributed by atoms with Crippen molar-refractivity contribution >= 4 is 10.1 Å². The summed E-state index contributed by atoms with van der Waals surface area (Å²) in [6.45, 7) is 8.86. The molecule has 15 heavy (non-hydrogen) atoms. The van der Waals surface area contributed by atoms with Gasteiger partial charge in [0.1, 0.15) is 0 Å². The first kappa shape index (κ1) is 12.9. The van der Waals surface area contributed by atoms with Crippen LogP contribution in [0.25, 0.3) is 0 Å². The lowest BCUT2D eigenvalue weighted by molar-refractivity contribution is 0.137. The van der Waals surface area contributed by atoms with Gasteiger partial charge in [-0.15, -0.1) is 0 Å². The molecule has 0 aromatic heterocycles. The highest BCUT2D eigenvalue weighted by molar-refractivity contribution is 7.86. The van der Waals surface area contributed by atoms with Crippen molar-refractivity contribution in [2.75, 3.05) is 39.3 Å². The molecule has 0 bridgehead atoms. The van der Waals surface area contributed by atoms with E-state index in [1.54, 1.807) is 6.92 Å². The molecule has 0 spiro atoms. The molecule has 1 saturated heterocycles. The average molecular weight is 236 g/mol. The minimum Gasteiger partial charge on any atom is -0.301 e. The van der Waals surface area contributed by atoms with Gasteiger partial charge in [-0.3, -0.25) is 9.45 Å². The molecule has 1 heterocycles. The van der Waals surface area contributed by atoms with E-state index in [0.29, 0.717) is 6.54 Å². The van der Waals surface area contributed by atoms with Crippen LogP contribution in [0.1, 0.15) is 13.8 Å². The van der Waals surface area contributed by atoms with E-state index in [-0.39, 0.29) is 0 Å². The van der Waals surface area contributed by atoms with Gasteiger partial charge in [0, 0.05) is 32.7 Å². The van der Waals surface area contributed by atoms with Crippen molar-refractivity contribution in [3.63, 3.8) is 0 Å². The van der Waals surface area contributed by atoms with Crippen molar-refractivity contribution in [1.82, 2.24) is 9.80 Å². The molecule has 0 aromatic carbocycles. The Bertz CT molecular complexity index is 284. The zero-order valence-corrected chi connectivity index (χ0v) is 10.2. The molecule has 0 amide bonds. The second-order valence-electron chi connectivity index (χ2n) is 4.06. The van der Waals surface area contributed by atoms with Crippen LogP contribution in [0, 0.1) is 0 Å². The van der Waals surface area contributed by atoms with Gasteiger partial charge in [0.05, 0.1) is 5.25 Å². The summed E-state index contributed by atoms with van der Waals surface area (Å²) in [5.41, 5.74) is 0. The zero-order valence-electron chi connectivity index (χ0n) is 9.39. The first-order valence-electron chi connectivity index (χ1n) is 5.34. The van der Waals surface area contributed by atoms with E-state index in [2.05, 4.69) is 16.7 Å². The van der Waals surface area contributed by atoms with Crippen molar-refractivity contribution < 1.29 is 13.0 Å². The molecule has 1 rings (SSSR count). The SMILES string of the molecule is CCN1CCN(CC(C)S(=O)(=O)O)CC1. The van der Waals surface area contributed by atoms with Gasteiger partial charge in [-0.25, -0.2) is 0 Å². The monoisotopic (exact) mass is 236 g/mol. The molecule has 1 aliphatic rings. The minimum absolute atomic E-state index is 0.427. The summed E-state index contributed by atoms with van der Waals surface area (Å²) in [6.07, 6.45) is 0. The van der Waals surface area contributed by atoms with Crippen LogP contribution in [0.2, 0.25) is 0 Å². The van der Waals surface area contributed by atoms with Gasteiger partial charge >= 0.3 is 0 Å². The number of hydrogen-bond acceptors (Lipinski definition) is 4. The lowest BCUT2D eigenvalue weighted by atomic mass is 10.3. The molecule has 1 fully saturated rings. The number of nitrogens with zero attached hydrogens (tertiary/aromatic N) is 2. The third-order valence-corrected chi connectivity index (χ3v) is 4.10. The van der Waals surface area contributed by atoms with Crippen LogP contribution in [0.15, 0.2) is 0 Å². The first-order chi connectivity index (χ1) is 6.93. The van der Waals surface area contributed by atoms with E-state index in [0.717, 1.165) is 32.7 Å². The Hall–Kier alpha value is -0.170. The van der Waals surface area contributed by atoms with Gasteiger partial charge in [-0.1, -0.05) is 6.92 Å². The molecular weight excluding hydrogens is 216 g/mol. The van der Waals surface area contributed by atoms with E-state index < -0.39 is 15.4 Å². The van der Waals surface area contributed by atoms with Gasteiger partial charge in [-0.05, 0) is 13.5 Å². The summed E-state index contributed by atoms with van der Waals surface area (Å²) >= 11 is 0. The van der Waals surface area contributed by atoms with E-state index in [4.69, 9.17) is 4.55 Å². The standard InChI is InChI=1S/C9H20N2O3S/c1-3-10-4-6-11(7-5-10)8-9(2)15(12,13)14/h9H,3-8H2,1-2H3,(H,12,13,14). The molecule has 1 aliphatic heterocycles. The van der Waals surface area contributed by atoms with Gasteiger partial charge in [-0.2, -0.15) is 8.42 Å². The maximum atomic E-state index is 10.8. The summed E-state index contributed by atoms with van der Waals surface area (Å²) in [6, 6.07) is 0. The Morgan fingerprint density at radius 3 is 2.07 bits per heavy atom. The second kappa shape index (κ2) is 5.25. The van der Waals surface area contributed by atoms with Crippen molar-refractivity contribution in [2.45, 2.75) is 19.1 Å². The van der Waals surface area contributed by atoms with Crippen LogP contribution in [0.4, 0.5) is 0 Å². The lowest BCUT2D eigenvalue weighted by Gasteiger charge is -2.34. The molecule has 0 aliphatic carbocycles. The molecular formula is C9H20N2O3S. The summed E-state index contributed by atoms with van der Waals surface area (Å²) in [4.78, 5) is 4.42. The summed E-state index contributed by atoms with van der Waals surface area (Å²) in [7, 11) is -3.88. The van der Waals surface area contributed by atoms with E-state index >= 15 is 0 Å². The van der Waals surface area contributed by atoms with Crippen molar-refractivity contribution in [3.8, 4) is 0 Å². The summed E-state index contributed by atoms with van der Waals surface area (Å²) in [5.74, 6) is 0. The molecule has 0 aromatic rings. The largest absolute Gasteiger partial charge is 0.301 e. The zero-order chi connectivity index (χ0) is 11.5. The third-order valence-electron chi connectivity index (χ3n) is 2.94. The molecule has 1 atom stereocenters. The quantitative estimate of drug-likeness (QED) is 0.691. The van der Waals surface area contributed by atoms with Crippen LogP contribution >= 0.6 is 0 Å². The topological polar surface area (TPSA) is 60.9 Å². The predicted octanol–water partition coefficient (Wildman–Crippen LogP) is -0.0998. The normalized spacial score (nSPS) is 22.9. The van der Waals surface area contributed by atoms with Crippen LogP contribution in [-0.4, -0.2) is 67.3 Å². The van der Waals surface area contributed by atoms with Crippen LogP contribution in [0.3, 0.4) is 0 Å². The number of likely N-dealkylation sites (N-methyl/N-ethyl adjacent to an activating group) is 1. The molecule has 6 heteroatoms. The van der Waals surface area contributed by atoms with Crippen LogP contribution < -0.4 is 0 Å². The molecule has 0 radical (unpaired) electrons. The highest BCUT2D eigenvalue weighted by Gasteiger charge is 2.23. The van der Waals surface area contributed by atoms with E-state index in [9.17, 15) is 8.42 Å². The van der Waals surface area contributed by atoms with Crippen LogP contribution in [-0.2, 0) is 10.1 Å². The number of piperazine rings is 1. The minimum atomic E-state index is -3.88. The van der Waals surface area contributed by atoms with Gasteiger partial charge in [0.25, 0.3) is 10.1 Å². The fraction of sp³-hybridized carbons (Fsp3) is 1.00. The Morgan fingerprint density at radius 1 is 1.20 bits per heavy atom. The number of rotatable bonds is 4. The smallest absolute Gasteiger partial charge is 0.268 e. The molecule has 90 valence electrons. The predicted molar refractivity (Wildman–Crippen MR) is 59.6 cm³/mol. The molecule has 0 saturated carbocycles. The van der Waals surface area contributed by atoms with Crippen molar-refractivity contribution in [3.05, 3.63) is 0 Å². The Kier molecular flexibility index (Phi) is 4.51. The maximum Gasteiger partial charge on any atom is 0.268 e. The third kappa shape index (κ3) is 4.06. The van der Waals surface area contributed by atoms with Gasteiger partial charge in [0.2, 0.25) is 0 Å². The van der Waals surface area contributed by atoms with E-state index in [1.807, 2.05) is 0 Å². The maximum absolute atomic E-state index is 10.8. The number of hydrogen-bond donors (Lipinski definition) is 1. The lowest BCUT2D eigenvalue weighted by Crippen LogP contribution is -2.48. The fourth-order valence-electron chi connectivity index (χ4n) is 1.75. The molecule has 5 nitrogen and oxygen atoms in total. The van der Waals surface area contributed by atoms with Gasteiger partial charge < -0.3 is 4.90 Å². The van der Waals surface area contributed by atoms with Crippen LogP contribution in [0.5, 0.6) is 0 Å². The Balaban J connectivity index is 2.36. The first-order valence-corrected chi connectivity index (χ1v) is 6.84. The Labute approximate surface area is 91.8 Å². The highest BCUT2D eigenvalue weighted by Crippen LogP contribution is 2.05. The van der Waals surface area contributed by atoms with E-state index in [1.165, 1.54) is 0 Å². The van der Waals surface area contributed by atoms with Gasteiger partial charge in [0.15, 0.2) is 0 Å². The van der Waals surface area contributed by atoms with Crippen molar-refractivity contribution in [2.24, 2.45) is 0 Å². The summed E-state index contributed by atoms with van der Waals surface area (Å²) in [5, 5.41) is -0.689. The highest BCUT2D eigenvalue weighted by atomic mass is 32.2. The second-order valence-corrected chi connectivity index (χ2v) is 5.90. The molecule has 1 N–H and O–H groups in total. The molecule has 1 unspecified atom stereocenters. The fourth-order valence-corrected chi connectivity index (χ4v) is 2.15. The Morgan fingerprint density at radius 2 is 1.67 bits per heavy atom. The summed E-state index contributed by atoms with van der Waals surface area (Å²) < 4.78 is 30.5.